The Balaban J connectivity index is 3.27. The minimum absolute atomic E-state index is 0.212. The summed E-state index contributed by atoms with van der Waals surface area (Å²) in [5, 5.41) is 0. The number of aromatic nitrogens is 2. The van der Waals surface area contributed by atoms with Crippen LogP contribution in [0.3, 0.4) is 0 Å². The first kappa shape index (κ1) is 8.73. The van der Waals surface area contributed by atoms with E-state index in [1.165, 1.54) is 20.4 Å². The van der Waals surface area contributed by atoms with E-state index < -0.39 is 5.69 Å². The number of methoxy groups -OCH3 is 1. The van der Waals surface area contributed by atoms with E-state index in [2.05, 4.69) is 4.98 Å². The van der Waals surface area contributed by atoms with Crippen molar-refractivity contribution in [1.29, 1.82) is 0 Å². The Morgan fingerprint density at radius 3 is 2.83 bits per heavy atom. The summed E-state index contributed by atoms with van der Waals surface area (Å²) in [5.41, 5.74) is -0.292. The van der Waals surface area contributed by atoms with Gasteiger partial charge < -0.3 is 9.72 Å². The molecule has 1 N–H and O–H groups in total. The van der Waals surface area contributed by atoms with Gasteiger partial charge >= 0.3 is 5.69 Å². The number of nitrogens with one attached hydrogen (secondary N) is 1. The largest absolute Gasteiger partial charge is 0.380 e. The smallest absolute Gasteiger partial charge is 0.328 e. The zero-order chi connectivity index (χ0) is 9.14. The second-order valence-corrected chi connectivity index (χ2v) is 2.42. The van der Waals surface area contributed by atoms with Crippen LogP contribution in [0.4, 0.5) is 0 Å². The molecular formula is C7H10N2O3. The van der Waals surface area contributed by atoms with Gasteiger partial charge in [-0.3, -0.25) is 9.36 Å². The van der Waals surface area contributed by atoms with Crippen molar-refractivity contribution in [2.24, 2.45) is 7.05 Å². The van der Waals surface area contributed by atoms with Crippen molar-refractivity contribution < 1.29 is 4.74 Å². The van der Waals surface area contributed by atoms with E-state index in [-0.39, 0.29) is 12.2 Å². The molecule has 0 unspecified atom stereocenters. The average molecular weight is 170 g/mol. The lowest BCUT2D eigenvalue weighted by atomic mass is 10.3. The van der Waals surface area contributed by atoms with Gasteiger partial charge in [0.25, 0.3) is 5.56 Å². The molecule has 1 aromatic rings. The fraction of sp³-hybridized carbons (Fsp3) is 0.429. The molecule has 0 amide bonds. The third-order valence-corrected chi connectivity index (χ3v) is 1.55. The number of aromatic amines is 1. The van der Waals surface area contributed by atoms with Crippen LogP contribution in [0.1, 0.15) is 5.56 Å². The summed E-state index contributed by atoms with van der Waals surface area (Å²) >= 11 is 0. The third-order valence-electron chi connectivity index (χ3n) is 1.55. The highest BCUT2D eigenvalue weighted by Crippen LogP contribution is 1.86. The topological polar surface area (TPSA) is 64.1 Å². The summed E-state index contributed by atoms with van der Waals surface area (Å²) < 4.78 is 5.78. The van der Waals surface area contributed by atoms with Crippen LogP contribution in [-0.2, 0) is 18.4 Å². The summed E-state index contributed by atoms with van der Waals surface area (Å²) in [6, 6.07) is 0. The lowest BCUT2D eigenvalue weighted by Gasteiger charge is -1.99. The van der Waals surface area contributed by atoms with E-state index >= 15 is 0 Å². The van der Waals surface area contributed by atoms with Crippen molar-refractivity contribution in [2.75, 3.05) is 7.11 Å². The molecule has 0 aliphatic carbocycles. The van der Waals surface area contributed by atoms with Gasteiger partial charge in [-0.25, -0.2) is 4.79 Å². The van der Waals surface area contributed by atoms with E-state index in [9.17, 15) is 9.59 Å². The van der Waals surface area contributed by atoms with E-state index in [4.69, 9.17) is 4.74 Å². The van der Waals surface area contributed by atoms with Gasteiger partial charge in [0, 0.05) is 20.4 Å². The molecule has 0 radical (unpaired) electrons. The predicted molar refractivity (Wildman–Crippen MR) is 43.0 cm³/mol. The van der Waals surface area contributed by atoms with Gasteiger partial charge in [-0.2, -0.15) is 0 Å². The molecule has 0 saturated carbocycles. The van der Waals surface area contributed by atoms with E-state index in [1.54, 1.807) is 0 Å². The molecule has 0 spiro atoms. The number of hydrogen-bond acceptors (Lipinski definition) is 3. The highest BCUT2D eigenvalue weighted by Gasteiger charge is 2.01. The van der Waals surface area contributed by atoms with Gasteiger partial charge in [0.2, 0.25) is 0 Å². The Bertz CT molecular complexity index is 377. The van der Waals surface area contributed by atoms with E-state index in [0.29, 0.717) is 5.56 Å². The molecule has 5 heteroatoms. The molecule has 0 aliphatic heterocycles. The highest BCUT2D eigenvalue weighted by atomic mass is 16.5. The van der Waals surface area contributed by atoms with Crippen LogP contribution >= 0.6 is 0 Å². The van der Waals surface area contributed by atoms with Crippen molar-refractivity contribution in [3.63, 3.8) is 0 Å². The van der Waals surface area contributed by atoms with Crippen molar-refractivity contribution in [3.05, 3.63) is 32.6 Å². The van der Waals surface area contributed by atoms with Crippen LogP contribution in [0.2, 0.25) is 0 Å². The summed E-state index contributed by atoms with van der Waals surface area (Å²) in [6.45, 7) is 0.212. The maximum absolute atomic E-state index is 11.2. The molecule has 0 aromatic carbocycles. The van der Waals surface area contributed by atoms with Gasteiger partial charge in [0.05, 0.1) is 12.2 Å². The molecule has 66 valence electrons. The Morgan fingerprint density at radius 2 is 2.25 bits per heavy atom. The molecule has 0 bridgehead atoms. The summed E-state index contributed by atoms with van der Waals surface area (Å²) in [5.74, 6) is 0. The van der Waals surface area contributed by atoms with Crippen molar-refractivity contribution in [3.8, 4) is 0 Å². The van der Waals surface area contributed by atoms with Crippen molar-refractivity contribution in [2.45, 2.75) is 6.61 Å². The Labute approximate surface area is 68.6 Å². The fourth-order valence-electron chi connectivity index (χ4n) is 0.874. The van der Waals surface area contributed by atoms with Crippen LogP contribution in [-0.4, -0.2) is 16.7 Å². The van der Waals surface area contributed by atoms with Crippen molar-refractivity contribution in [1.82, 2.24) is 9.55 Å². The second kappa shape index (κ2) is 3.36. The van der Waals surface area contributed by atoms with Crippen LogP contribution in [0.15, 0.2) is 15.8 Å². The molecule has 0 fully saturated rings. The first-order valence-corrected chi connectivity index (χ1v) is 3.43. The number of rotatable bonds is 2. The molecule has 0 aliphatic rings. The molecule has 1 rings (SSSR count). The van der Waals surface area contributed by atoms with Crippen LogP contribution < -0.4 is 11.2 Å². The lowest BCUT2D eigenvalue weighted by molar-refractivity contribution is 0.183. The molecule has 5 nitrogen and oxygen atoms in total. The van der Waals surface area contributed by atoms with E-state index in [1.807, 2.05) is 0 Å². The monoisotopic (exact) mass is 170 g/mol. The van der Waals surface area contributed by atoms with Gasteiger partial charge in [0.15, 0.2) is 0 Å². The normalized spacial score (nSPS) is 10.2. The molecule has 1 heterocycles. The quantitative estimate of drug-likeness (QED) is 0.633. The zero-order valence-electron chi connectivity index (χ0n) is 6.96. The molecule has 1 aromatic heterocycles. The molecule has 12 heavy (non-hydrogen) atoms. The number of ether oxygens (including phenoxy) is 1. The summed E-state index contributed by atoms with van der Waals surface area (Å²) in [6.07, 6.45) is 1.37. The minimum atomic E-state index is -0.417. The first-order chi connectivity index (χ1) is 5.66. The zero-order valence-corrected chi connectivity index (χ0v) is 6.96. The molecule has 0 atom stereocenters. The number of hydrogen-bond donors (Lipinski definition) is 1. The minimum Gasteiger partial charge on any atom is -0.380 e. The van der Waals surface area contributed by atoms with Gasteiger partial charge in [-0.05, 0) is 0 Å². The van der Waals surface area contributed by atoms with Gasteiger partial charge in [-0.1, -0.05) is 0 Å². The fourth-order valence-corrected chi connectivity index (χ4v) is 0.874. The Morgan fingerprint density at radius 1 is 1.58 bits per heavy atom. The average Bonchev–Trinajstić information content (AvgIpc) is 2.07. The summed E-state index contributed by atoms with van der Waals surface area (Å²) in [4.78, 5) is 24.5. The lowest BCUT2D eigenvalue weighted by Crippen LogP contribution is -2.34. The SMILES string of the molecule is COCc1c[nH]c(=O)n(C)c1=O. The second-order valence-electron chi connectivity index (χ2n) is 2.42. The van der Waals surface area contributed by atoms with Crippen molar-refractivity contribution >= 4 is 0 Å². The maximum atomic E-state index is 11.2. The standard InChI is InChI=1S/C7H10N2O3/c1-9-6(10)5(4-12-2)3-8-7(9)11/h3H,4H2,1-2H3,(H,8,11). The number of H-pyrrole nitrogens is 1. The third kappa shape index (κ3) is 1.45. The Hall–Kier alpha value is -1.36. The van der Waals surface area contributed by atoms with E-state index in [0.717, 1.165) is 4.57 Å². The first-order valence-electron chi connectivity index (χ1n) is 3.43. The predicted octanol–water partition coefficient (Wildman–Crippen LogP) is -0.780. The maximum Gasteiger partial charge on any atom is 0.328 e. The number of nitrogens with zero attached hydrogens (tertiary/aromatic N) is 1. The van der Waals surface area contributed by atoms with Crippen LogP contribution in [0.5, 0.6) is 0 Å². The molecule has 0 saturated heterocycles. The summed E-state index contributed by atoms with van der Waals surface area (Å²) in [7, 11) is 2.91. The van der Waals surface area contributed by atoms with Crippen LogP contribution in [0.25, 0.3) is 0 Å². The Kier molecular flexibility index (Phi) is 2.44. The highest BCUT2D eigenvalue weighted by molar-refractivity contribution is 5.02. The van der Waals surface area contributed by atoms with Gasteiger partial charge in [-0.15, -0.1) is 0 Å². The van der Waals surface area contributed by atoms with Crippen LogP contribution in [0, 0.1) is 0 Å². The van der Waals surface area contributed by atoms with Gasteiger partial charge in [0.1, 0.15) is 0 Å². The molecular weight excluding hydrogens is 160 g/mol.